The van der Waals surface area contributed by atoms with Crippen LogP contribution in [0, 0.1) is 0 Å². The summed E-state index contributed by atoms with van der Waals surface area (Å²) >= 11 is 0. The van der Waals surface area contributed by atoms with Crippen molar-refractivity contribution >= 4 is 16.0 Å². The zero-order chi connectivity index (χ0) is 14.3. The Morgan fingerprint density at radius 1 is 1.26 bits per heavy atom. The standard InChI is InChI=1S/C12H20N2O4S/c1-14-12(7-5-3-4-6-8-12)10(13)9(11(15)18-2)19(14,16)17/h3-8,13H2,1-2H3. The molecule has 0 radical (unpaired) electrons. The van der Waals surface area contributed by atoms with Gasteiger partial charge in [0.2, 0.25) is 0 Å². The van der Waals surface area contributed by atoms with Gasteiger partial charge < -0.3 is 10.5 Å². The van der Waals surface area contributed by atoms with Crippen LogP contribution < -0.4 is 5.73 Å². The number of hydrogen-bond acceptors (Lipinski definition) is 5. The van der Waals surface area contributed by atoms with E-state index in [1.807, 2.05) is 0 Å². The van der Waals surface area contributed by atoms with E-state index in [1.165, 1.54) is 11.4 Å². The number of ether oxygens (including phenoxy) is 1. The highest BCUT2D eigenvalue weighted by molar-refractivity contribution is 7.94. The third-order valence-corrected chi connectivity index (χ3v) is 6.24. The molecule has 19 heavy (non-hydrogen) atoms. The maximum atomic E-state index is 12.4. The third kappa shape index (κ3) is 1.95. The van der Waals surface area contributed by atoms with Gasteiger partial charge in [0, 0.05) is 7.05 Å². The fraction of sp³-hybridized carbons (Fsp3) is 0.750. The number of sulfonamides is 1. The minimum Gasteiger partial charge on any atom is -0.465 e. The first-order valence-corrected chi connectivity index (χ1v) is 7.89. The van der Waals surface area contributed by atoms with Gasteiger partial charge in [-0.3, -0.25) is 0 Å². The number of nitrogens with zero attached hydrogens (tertiary/aromatic N) is 1. The lowest BCUT2D eigenvalue weighted by Crippen LogP contribution is -2.47. The molecule has 2 aliphatic rings. The molecule has 0 atom stereocenters. The molecule has 7 heteroatoms. The van der Waals surface area contributed by atoms with Crippen LogP contribution >= 0.6 is 0 Å². The molecule has 0 aromatic heterocycles. The lowest BCUT2D eigenvalue weighted by atomic mass is 9.86. The lowest BCUT2D eigenvalue weighted by Gasteiger charge is -2.34. The topological polar surface area (TPSA) is 89.7 Å². The molecular weight excluding hydrogens is 268 g/mol. The summed E-state index contributed by atoms with van der Waals surface area (Å²) in [6, 6.07) is 0. The van der Waals surface area contributed by atoms with Gasteiger partial charge in [-0.2, -0.15) is 4.31 Å². The Kier molecular flexibility index (Phi) is 3.61. The van der Waals surface area contributed by atoms with E-state index in [4.69, 9.17) is 5.73 Å². The van der Waals surface area contributed by atoms with E-state index in [0.29, 0.717) is 12.8 Å². The fourth-order valence-electron chi connectivity index (χ4n) is 3.09. The molecule has 0 bridgehead atoms. The minimum absolute atomic E-state index is 0.156. The van der Waals surface area contributed by atoms with Crippen LogP contribution in [-0.4, -0.2) is 38.4 Å². The first-order chi connectivity index (χ1) is 8.88. The highest BCUT2D eigenvalue weighted by Crippen LogP contribution is 2.45. The number of esters is 1. The Morgan fingerprint density at radius 3 is 2.26 bits per heavy atom. The molecular formula is C12H20N2O4S. The van der Waals surface area contributed by atoms with Crippen LogP contribution in [0.25, 0.3) is 0 Å². The van der Waals surface area contributed by atoms with E-state index in [2.05, 4.69) is 4.74 Å². The SMILES string of the molecule is COC(=O)C1=C(N)C2(CCCCCC2)N(C)S1(=O)=O. The average molecular weight is 288 g/mol. The Labute approximate surface area is 113 Å². The van der Waals surface area contributed by atoms with Gasteiger partial charge in [-0.05, 0) is 12.8 Å². The summed E-state index contributed by atoms with van der Waals surface area (Å²) in [5.41, 5.74) is 5.48. The predicted molar refractivity (Wildman–Crippen MR) is 70.3 cm³/mol. The second-order valence-corrected chi connectivity index (χ2v) is 7.06. The molecule has 1 heterocycles. The van der Waals surface area contributed by atoms with Crippen LogP contribution in [0.5, 0.6) is 0 Å². The van der Waals surface area contributed by atoms with Gasteiger partial charge in [0.25, 0.3) is 10.0 Å². The fourth-order valence-corrected chi connectivity index (χ4v) is 4.87. The van der Waals surface area contributed by atoms with E-state index >= 15 is 0 Å². The van der Waals surface area contributed by atoms with Gasteiger partial charge in [-0.15, -0.1) is 0 Å². The Hall–Kier alpha value is -1.08. The Morgan fingerprint density at radius 2 is 1.79 bits per heavy atom. The average Bonchev–Trinajstić information content (AvgIpc) is 2.60. The van der Waals surface area contributed by atoms with Crippen molar-refractivity contribution in [1.29, 1.82) is 0 Å². The third-order valence-electron chi connectivity index (χ3n) is 4.27. The molecule has 0 unspecified atom stereocenters. The number of hydrogen-bond donors (Lipinski definition) is 1. The summed E-state index contributed by atoms with van der Waals surface area (Å²) in [7, 11) is -1.17. The van der Waals surface area contributed by atoms with Crippen LogP contribution in [0.2, 0.25) is 0 Å². The lowest BCUT2D eigenvalue weighted by molar-refractivity contribution is -0.135. The first kappa shape index (κ1) is 14.3. The summed E-state index contributed by atoms with van der Waals surface area (Å²) in [5.74, 6) is -0.870. The van der Waals surface area contributed by atoms with E-state index < -0.39 is 21.5 Å². The van der Waals surface area contributed by atoms with Gasteiger partial charge in [0.05, 0.1) is 18.3 Å². The number of likely N-dealkylation sites (N-methyl/N-ethyl adjacent to an activating group) is 1. The van der Waals surface area contributed by atoms with Gasteiger partial charge in [0.1, 0.15) is 0 Å². The highest BCUT2D eigenvalue weighted by Gasteiger charge is 2.55. The van der Waals surface area contributed by atoms with Crippen molar-refractivity contribution in [3.05, 3.63) is 10.6 Å². The quantitative estimate of drug-likeness (QED) is 0.717. The number of carbonyl (C=O) groups excluding carboxylic acids is 1. The van der Waals surface area contributed by atoms with Crippen molar-refractivity contribution in [3.63, 3.8) is 0 Å². The normalized spacial score (nSPS) is 26.4. The Balaban J connectivity index is 2.57. The van der Waals surface area contributed by atoms with Crippen LogP contribution in [0.15, 0.2) is 10.6 Å². The van der Waals surface area contributed by atoms with Crippen LogP contribution in [0.4, 0.5) is 0 Å². The molecule has 1 aliphatic carbocycles. The van der Waals surface area contributed by atoms with E-state index in [-0.39, 0.29) is 10.6 Å². The van der Waals surface area contributed by atoms with Crippen molar-refractivity contribution in [1.82, 2.24) is 4.31 Å². The largest absolute Gasteiger partial charge is 0.465 e. The zero-order valence-corrected chi connectivity index (χ0v) is 12.1. The predicted octanol–water partition coefficient (Wildman–Crippen LogP) is 0.698. The van der Waals surface area contributed by atoms with Crippen molar-refractivity contribution in [2.45, 2.75) is 44.1 Å². The molecule has 1 saturated carbocycles. The van der Waals surface area contributed by atoms with Crippen molar-refractivity contribution in [3.8, 4) is 0 Å². The van der Waals surface area contributed by atoms with E-state index in [1.54, 1.807) is 0 Å². The summed E-state index contributed by atoms with van der Waals surface area (Å²) in [5, 5.41) is 0. The number of nitrogens with two attached hydrogens (primary N) is 1. The molecule has 0 amide bonds. The van der Waals surface area contributed by atoms with Gasteiger partial charge in [-0.25, -0.2) is 13.2 Å². The molecule has 0 saturated heterocycles. The molecule has 0 aromatic carbocycles. The second kappa shape index (κ2) is 4.79. The summed E-state index contributed by atoms with van der Waals surface area (Å²) in [6.45, 7) is 0. The maximum Gasteiger partial charge on any atom is 0.352 e. The van der Waals surface area contributed by atoms with Crippen molar-refractivity contribution in [2.75, 3.05) is 14.2 Å². The molecule has 6 nitrogen and oxygen atoms in total. The van der Waals surface area contributed by atoms with Gasteiger partial charge >= 0.3 is 5.97 Å². The molecule has 0 aromatic rings. The molecule has 108 valence electrons. The van der Waals surface area contributed by atoms with Crippen LogP contribution in [-0.2, 0) is 19.6 Å². The van der Waals surface area contributed by atoms with Gasteiger partial charge in [-0.1, -0.05) is 25.7 Å². The molecule has 2 N–H and O–H groups in total. The smallest absolute Gasteiger partial charge is 0.352 e. The summed E-state index contributed by atoms with van der Waals surface area (Å²) in [4.78, 5) is 11.4. The van der Waals surface area contributed by atoms with Crippen LogP contribution in [0.1, 0.15) is 38.5 Å². The zero-order valence-electron chi connectivity index (χ0n) is 11.3. The van der Waals surface area contributed by atoms with Crippen molar-refractivity contribution < 1.29 is 17.9 Å². The second-order valence-electron chi connectivity index (χ2n) is 5.15. The molecule has 1 fully saturated rings. The van der Waals surface area contributed by atoms with Gasteiger partial charge in [0.15, 0.2) is 4.91 Å². The first-order valence-electron chi connectivity index (χ1n) is 6.45. The van der Waals surface area contributed by atoms with E-state index in [0.717, 1.165) is 32.8 Å². The number of carbonyl (C=O) groups is 1. The number of methoxy groups -OCH3 is 1. The Bertz CT molecular complexity index is 516. The van der Waals surface area contributed by atoms with Crippen molar-refractivity contribution in [2.24, 2.45) is 5.73 Å². The monoisotopic (exact) mass is 288 g/mol. The summed E-state index contributed by atoms with van der Waals surface area (Å²) < 4.78 is 30.6. The maximum absolute atomic E-state index is 12.4. The molecule has 1 spiro atoms. The highest BCUT2D eigenvalue weighted by atomic mass is 32.2. The van der Waals surface area contributed by atoms with E-state index in [9.17, 15) is 13.2 Å². The van der Waals surface area contributed by atoms with Crippen LogP contribution in [0.3, 0.4) is 0 Å². The summed E-state index contributed by atoms with van der Waals surface area (Å²) in [6.07, 6.45) is 5.28. The molecule has 2 rings (SSSR count). The number of rotatable bonds is 1. The minimum atomic E-state index is -3.84. The molecule has 1 aliphatic heterocycles.